The number of esters is 1. The van der Waals surface area contributed by atoms with Gasteiger partial charge >= 0.3 is 5.97 Å². The molecular weight excluding hydrogens is 466 g/mol. The van der Waals surface area contributed by atoms with E-state index in [1.807, 2.05) is 51.4 Å². The summed E-state index contributed by atoms with van der Waals surface area (Å²) in [5.74, 6) is -1.70. The van der Waals surface area contributed by atoms with Crippen molar-refractivity contribution in [2.45, 2.75) is 67.5 Å². The predicted octanol–water partition coefficient (Wildman–Crippen LogP) is 3.75. The lowest BCUT2D eigenvalue weighted by atomic mass is 9.85. The Morgan fingerprint density at radius 2 is 1.80 bits per heavy atom. The van der Waals surface area contributed by atoms with Crippen LogP contribution in [0, 0.1) is 11.3 Å². The normalized spacial score (nSPS) is 14.2. The van der Waals surface area contributed by atoms with Crippen molar-refractivity contribution in [2.24, 2.45) is 11.3 Å². The fourth-order valence-electron chi connectivity index (χ4n) is 3.40. The largest absolute Gasteiger partial charge is 0.463 e. The Hall–Kier alpha value is -2.94. The van der Waals surface area contributed by atoms with Gasteiger partial charge in [-0.3, -0.25) is 14.4 Å². The number of likely N-dealkylation sites (N-methyl/N-ethyl adjacent to an activating group) is 1. The molecule has 0 unspecified atom stereocenters. The molecule has 1 rings (SSSR count). The summed E-state index contributed by atoms with van der Waals surface area (Å²) < 4.78 is 5.07. The fourth-order valence-corrected chi connectivity index (χ4v) is 4.02. The Morgan fingerprint density at radius 3 is 2.26 bits per heavy atom. The zero-order chi connectivity index (χ0) is 26.9. The van der Waals surface area contributed by atoms with Crippen molar-refractivity contribution in [2.75, 3.05) is 13.7 Å². The lowest BCUT2D eigenvalue weighted by Crippen LogP contribution is -2.57. The van der Waals surface area contributed by atoms with Crippen LogP contribution in [0.3, 0.4) is 0 Å². The van der Waals surface area contributed by atoms with Gasteiger partial charge in [-0.15, -0.1) is 0 Å². The van der Waals surface area contributed by atoms with Crippen LogP contribution in [0.1, 0.15) is 61.0 Å². The van der Waals surface area contributed by atoms with E-state index in [0.29, 0.717) is 5.57 Å². The van der Waals surface area contributed by atoms with E-state index in [1.165, 1.54) is 18.3 Å². The van der Waals surface area contributed by atoms with Gasteiger partial charge in [0.2, 0.25) is 11.8 Å². The van der Waals surface area contributed by atoms with E-state index in [9.17, 15) is 19.2 Å². The van der Waals surface area contributed by atoms with Gasteiger partial charge in [-0.1, -0.05) is 40.7 Å². The van der Waals surface area contributed by atoms with Gasteiger partial charge in [0.1, 0.15) is 11.7 Å². The SMILES string of the molecule is CCOC(=O)/C(C)=C/[C@H](C(C)C)N(C)C(=O)[C@@H](NC(=O)/C(=C/c1ccsc1)NC(C)=O)C(C)(C)C. The zero-order valence-corrected chi connectivity index (χ0v) is 23.0. The Balaban J connectivity index is 3.28. The number of rotatable bonds is 10. The first kappa shape index (κ1) is 30.1. The van der Waals surface area contributed by atoms with Crippen LogP contribution >= 0.6 is 11.3 Å². The zero-order valence-electron chi connectivity index (χ0n) is 22.2. The minimum atomic E-state index is -0.891. The van der Waals surface area contributed by atoms with Gasteiger partial charge in [0.25, 0.3) is 5.91 Å². The van der Waals surface area contributed by atoms with Crippen LogP contribution in [-0.2, 0) is 23.9 Å². The van der Waals surface area contributed by atoms with Gasteiger partial charge in [-0.2, -0.15) is 11.3 Å². The van der Waals surface area contributed by atoms with E-state index in [4.69, 9.17) is 4.74 Å². The minimum Gasteiger partial charge on any atom is -0.463 e. The van der Waals surface area contributed by atoms with Crippen LogP contribution in [0.2, 0.25) is 0 Å². The first-order valence-corrected chi connectivity index (χ1v) is 12.6. The van der Waals surface area contributed by atoms with Crippen LogP contribution in [0.4, 0.5) is 0 Å². The molecule has 9 heteroatoms. The maximum Gasteiger partial charge on any atom is 0.333 e. The van der Waals surface area contributed by atoms with Crippen molar-refractivity contribution in [3.8, 4) is 0 Å². The van der Waals surface area contributed by atoms with Gasteiger partial charge in [-0.05, 0) is 53.6 Å². The molecule has 1 aromatic rings. The molecule has 0 saturated carbocycles. The van der Waals surface area contributed by atoms with E-state index >= 15 is 0 Å². The van der Waals surface area contributed by atoms with E-state index < -0.39 is 35.3 Å². The second-order valence-electron chi connectivity index (χ2n) is 9.82. The Morgan fingerprint density at radius 1 is 1.17 bits per heavy atom. The van der Waals surface area contributed by atoms with Crippen molar-refractivity contribution in [1.29, 1.82) is 0 Å². The van der Waals surface area contributed by atoms with Crippen molar-refractivity contribution in [3.05, 3.63) is 39.7 Å². The van der Waals surface area contributed by atoms with Crippen molar-refractivity contribution >= 4 is 41.1 Å². The maximum absolute atomic E-state index is 13.7. The molecule has 0 bridgehead atoms. The second kappa shape index (κ2) is 13.2. The molecule has 8 nitrogen and oxygen atoms in total. The molecule has 0 radical (unpaired) electrons. The van der Waals surface area contributed by atoms with Crippen molar-refractivity contribution < 1.29 is 23.9 Å². The lowest BCUT2D eigenvalue weighted by Gasteiger charge is -2.37. The highest BCUT2D eigenvalue weighted by molar-refractivity contribution is 7.08. The summed E-state index contributed by atoms with van der Waals surface area (Å²) in [5.41, 5.74) is 0.600. The van der Waals surface area contributed by atoms with E-state index in [0.717, 1.165) is 5.56 Å². The standard InChI is InChI=1S/C26H39N3O5S/c1-10-34-25(33)17(4)13-21(16(2)3)29(9)24(32)22(26(6,7)8)28-23(31)20(27-18(5)30)14-19-11-12-35-15-19/h11-16,21-22H,10H2,1-9H3,(H,27,30)(H,28,31)/b17-13+,20-14-/t21-,22-/m1/s1. The molecule has 0 fully saturated rings. The Kier molecular flexibility index (Phi) is 11.4. The van der Waals surface area contributed by atoms with Gasteiger partial charge in [0.05, 0.1) is 12.6 Å². The van der Waals surface area contributed by atoms with Crippen LogP contribution in [0.5, 0.6) is 0 Å². The number of thiophene rings is 1. The van der Waals surface area contributed by atoms with E-state index in [2.05, 4.69) is 10.6 Å². The third-order valence-corrected chi connectivity index (χ3v) is 6.00. The summed E-state index contributed by atoms with van der Waals surface area (Å²) >= 11 is 1.47. The highest BCUT2D eigenvalue weighted by atomic mass is 32.1. The molecule has 0 aliphatic heterocycles. The third kappa shape index (κ3) is 9.32. The average Bonchev–Trinajstić information content (AvgIpc) is 3.26. The molecule has 194 valence electrons. The van der Waals surface area contributed by atoms with E-state index in [-0.39, 0.29) is 24.1 Å². The van der Waals surface area contributed by atoms with Crippen molar-refractivity contribution in [1.82, 2.24) is 15.5 Å². The number of nitrogens with one attached hydrogen (secondary N) is 2. The van der Waals surface area contributed by atoms with E-state index in [1.54, 1.807) is 37.9 Å². The average molecular weight is 506 g/mol. The monoisotopic (exact) mass is 505 g/mol. The molecule has 0 aromatic carbocycles. The second-order valence-corrected chi connectivity index (χ2v) is 10.6. The highest BCUT2D eigenvalue weighted by Gasteiger charge is 2.37. The number of hydrogen-bond acceptors (Lipinski definition) is 6. The number of carbonyl (C=O) groups excluding carboxylic acids is 4. The summed E-state index contributed by atoms with van der Waals surface area (Å²) in [7, 11) is 1.66. The lowest BCUT2D eigenvalue weighted by molar-refractivity contribution is -0.140. The molecule has 0 saturated heterocycles. The summed E-state index contributed by atoms with van der Waals surface area (Å²) in [5, 5.41) is 9.10. The fraction of sp³-hybridized carbons (Fsp3) is 0.538. The molecular formula is C26H39N3O5S. The third-order valence-electron chi connectivity index (χ3n) is 5.29. The molecule has 2 N–H and O–H groups in total. The van der Waals surface area contributed by atoms with Gasteiger partial charge < -0.3 is 20.3 Å². The number of hydrogen-bond donors (Lipinski definition) is 2. The van der Waals surface area contributed by atoms with Gasteiger partial charge in [0.15, 0.2) is 0 Å². The minimum absolute atomic E-state index is 0.00178. The topological polar surface area (TPSA) is 105 Å². The predicted molar refractivity (Wildman–Crippen MR) is 139 cm³/mol. The molecule has 2 atom stereocenters. The molecule has 3 amide bonds. The molecule has 1 aromatic heterocycles. The quantitative estimate of drug-likeness (QED) is 0.372. The van der Waals surface area contributed by atoms with Crippen LogP contribution in [0.25, 0.3) is 6.08 Å². The Labute approximate surface area is 212 Å². The number of amides is 3. The smallest absolute Gasteiger partial charge is 0.333 e. The van der Waals surface area contributed by atoms with Crippen LogP contribution < -0.4 is 10.6 Å². The molecule has 0 aliphatic carbocycles. The summed E-state index contributed by atoms with van der Waals surface area (Å²) in [4.78, 5) is 52.3. The molecule has 0 aliphatic rings. The molecule has 1 heterocycles. The summed E-state index contributed by atoms with van der Waals surface area (Å²) in [6, 6.07) is 0.535. The van der Waals surface area contributed by atoms with Gasteiger partial charge in [-0.25, -0.2) is 4.79 Å². The molecule has 35 heavy (non-hydrogen) atoms. The van der Waals surface area contributed by atoms with Crippen LogP contribution in [0.15, 0.2) is 34.2 Å². The number of nitrogens with zero attached hydrogens (tertiary/aromatic N) is 1. The molecule has 0 spiro atoms. The first-order valence-electron chi connectivity index (χ1n) is 11.6. The number of carbonyl (C=O) groups is 4. The first-order chi connectivity index (χ1) is 16.2. The maximum atomic E-state index is 13.7. The van der Waals surface area contributed by atoms with Crippen molar-refractivity contribution in [3.63, 3.8) is 0 Å². The summed E-state index contributed by atoms with van der Waals surface area (Å²) in [6.45, 7) is 14.4. The van der Waals surface area contributed by atoms with Gasteiger partial charge in [0, 0.05) is 19.5 Å². The number of ether oxygens (including phenoxy) is 1. The van der Waals surface area contributed by atoms with Crippen LogP contribution in [-0.4, -0.2) is 54.3 Å². The Bertz CT molecular complexity index is 958. The highest BCUT2D eigenvalue weighted by Crippen LogP contribution is 2.24. The summed E-state index contributed by atoms with van der Waals surface area (Å²) in [6.07, 6.45) is 3.30.